The molecule has 0 bridgehead atoms. The molecule has 1 aliphatic heterocycles. The highest BCUT2D eigenvalue weighted by Crippen LogP contribution is 2.28. The molecule has 0 amide bonds. The van der Waals surface area contributed by atoms with Gasteiger partial charge in [0, 0.05) is 18.7 Å². The summed E-state index contributed by atoms with van der Waals surface area (Å²) >= 11 is 0. The first-order valence-electron chi connectivity index (χ1n) is 7.47. The van der Waals surface area contributed by atoms with Crippen molar-refractivity contribution in [2.75, 3.05) is 33.9 Å². The largest absolute Gasteiger partial charge is 0.497 e. The molecule has 1 aromatic rings. The Labute approximate surface area is 132 Å². The Balaban J connectivity index is 2.16. The molecule has 22 heavy (non-hydrogen) atoms. The topological polar surface area (TPSA) is 67.9 Å². The molecule has 1 fully saturated rings. The van der Waals surface area contributed by atoms with Crippen LogP contribution in [0.15, 0.2) is 23.1 Å². The summed E-state index contributed by atoms with van der Waals surface area (Å²) in [4.78, 5) is 2.40. The van der Waals surface area contributed by atoms with Crippen molar-refractivity contribution in [3.05, 3.63) is 18.2 Å². The van der Waals surface area contributed by atoms with E-state index in [0.717, 1.165) is 25.9 Å². The number of nitrogens with one attached hydrogen (secondary N) is 1. The number of methoxy groups -OCH3 is 2. The van der Waals surface area contributed by atoms with E-state index < -0.39 is 10.0 Å². The maximum Gasteiger partial charge on any atom is 0.244 e. The number of likely N-dealkylation sites (tertiary alicyclic amines) is 1. The van der Waals surface area contributed by atoms with E-state index in [1.165, 1.54) is 20.3 Å². The van der Waals surface area contributed by atoms with Crippen LogP contribution in [0.4, 0.5) is 0 Å². The summed E-state index contributed by atoms with van der Waals surface area (Å²) in [6.45, 7) is 4.48. The molecular weight excluding hydrogens is 304 g/mol. The van der Waals surface area contributed by atoms with Crippen molar-refractivity contribution in [1.29, 1.82) is 0 Å². The van der Waals surface area contributed by atoms with Crippen LogP contribution < -0.4 is 14.2 Å². The van der Waals surface area contributed by atoms with E-state index in [1.54, 1.807) is 12.1 Å². The van der Waals surface area contributed by atoms with Gasteiger partial charge >= 0.3 is 0 Å². The minimum absolute atomic E-state index is 0.107. The van der Waals surface area contributed by atoms with Crippen LogP contribution >= 0.6 is 0 Å². The maximum absolute atomic E-state index is 12.6. The number of nitrogens with zero attached hydrogens (tertiary/aromatic N) is 1. The van der Waals surface area contributed by atoms with Gasteiger partial charge in [0.15, 0.2) is 0 Å². The van der Waals surface area contributed by atoms with Crippen LogP contribution in [0, 0.1) is 0 Å². The zero-order chi connectivity index (χ0) is 16.2. The van der Waals surface area contributed by atoms with E-state index in [9.17, 15) is 8.42 Å². The Morgan fingerprint density at radius 3 is 2.73 bits per heavy atom. The Kier molecular flexibility index (Phi) is 5.66. The third kappa shape index (κ3) is 3.71. The van der Waals surface area contributed by atoms with E-state index in [-0.39, 0.29) is 10.9 Å². The number of ether oxygens (including phenoxy) is 2. The van der Waals surface area contributed by atoms with E-state index in [0.29, 0.717) is 18.0 Å². The van der Waals surface area contributed by atoms with E-state index in [4.69, 9.17) is 9.47 Å². The van der Waals surface area contributed by atoms with Gasteiger partial charge in [-0.3, -0.25) is 4.90 Å². The van der Waals surface area contributed by atoms with Crippen LogP contribution in [0.5, 0.6) is 11.5 Å². The Hall–Kier alpha value is -1.31. The van der Waals surface area contributed by atoms with E-state index in [2.05, 4.69) is 16.5 Å². The summed E-state index contributed by atoms with van der Waals surface area (Å²) in [6.07, 6.45) is 2.13. The highest BCUT2D eigenvalue weighted by Gasteiger charge is 2.26. The van der Waals surface area contributed by atoms with Crippen molar-refractivity contribution in [2.24, 2.45) is 0 Å². The molecule has 1 aliphatic rings. The number of sulfonamides is 1. The van der Waals surface area contributed by atoms with Crippen LogP contribution in [0.2, 0.25) is 0 Å². The van der Waals surface area contributed by atoms with Crippen molar-refractivity contribution < 1.29 is 17.9 Å². The minimum Gasteiger partial charge on any atom is -0.497 e. The number of hydrogen-bond acceptors (Lipinski definition) is 5. The monoisotopic (exact) mass is 328 g/mol. The van der Waals surface area contributed by atoms with Crippen molar-refractivity contribution >= 4 is 10.0 Å². The van der Waals surface area contributed by atoms with Crippen molar-refractivity contribution in [3.63, 3.8) is 0 Å². The Bertz CT molecular complexity index is 604. The Morgan fingerprint density at radius 1 is 1.32 bits per heavy atom. The summed E-state index contributed by atoms with van der Waals surface area (Å²) in [5, 5.41) is 0. The second-order valence-electron chi connectivity index (χ2n) is 5.29. The lowest BCUT2D eigenvalue weighted by Gasteiger charge is -2.23. The van der Waals surface area contributed by atoms with Gasteiger partial charge in [0.1, 0.15) is 16.4 Å². The molecule has 0 aliphatic carbocycles. The summed E-state index contributed by atoms with van der Waals surface area (Å²) in [5.74, 6) is 0.796. The summed E-state index contributed by atoms with van der Waals surface area (Å²) < 4.78 is 38.1. The fraction of sp³-hybridized carbons (Fsp3) is 0.600. The SMILES string of the molecule is CCN1CCC[C@@H]1CNS(=O)(=O)c1cc(OC)ccc1OC. The number of rotatable bonds is 7. The average molecular weight is 328 g/mol. The highest BCUT2D eigenvalue weighted by atomic mass is 32.2. The summed E-state index contributed by atoms with van der Waals surface area (Å²) in [5.41, 5.74) is 0. The summed E-state index contributed by atoms with van der Waals surface area (Å²) in [7, 11) is -0.678. The van der Waals surface area contributed by atoms with Crippen LogP contribution in [-0.2, 0) is 10.0 Å². The maximum atomic E-state index is 12.6. The lowest BCUT2D eigenvalue weighted by atomic mass is 10.2. The fourth-order valence-electron chi connectivity index (χ4n) is 2.82. The van der Waals surface area contributed by atoms with Gasteiger partial charge in [-0.15, -0.1) is 0 Å². The van der Waals surface area contributed by atoms with E-state index >= 15 is 0 Å². The lowest BCUT2D eigenvalue weighted by molar-refractivity contribution is 0.268. The first-order chi connectivity index (χ1) is 10.5. The molecule has 1 heterocycles. The Morgan fingerprint density at radius 2 is 2.09 bits per heavy atom. The van der Waals surface area contributed by atoms with Gasteiger partial charge in [0.05, 0.1) is 14.2 Å². The predicted octanol–water partition coefficient (Wildman–Crippen LogP) is 1.47. The van der Waals surface area contributed by atoms with Crippen LogP contribution in [0.1, 0.15) is 19.8 Å². The normalized spacial score (nSPS) is 19.3. The van der Waals surface area contributed by atoms with Crippen LogP contribution in [0.25, 0.3) is 0 Å². The first-order valence-corrected chi connectivity index (χ1v) is 8.96. The standard InChI is InChI=1S/C15H24N2O4S/c1-4-17-9-5-6-12(17)11-16-22(18,19)15-10-13(20-2)7-8-14(15)21-3/h7-8,10,12,16H,4-6,9,11H2,1-3H3/t12-/m1/s1. The predicted molar refractivity (Wildman–Crippen MR) is 85.0 cm³/mol. The molecule has 1 saturated heterocycles. The van der Waals surface area contributed by atoms with Crippen molar-refractivity contribution in [1.82, 2.24) is 9.62 Å². The molecule has 124 valence electrons. The molecule has 0 spiro atoms. The zero-order valence-electron chi connectivity index (χ0n) is 13.3. The second kappa shape index (κ2) is 7.30. The summed E-state index contributed by atoms with van der Waals surface area (Å²) in [6, 6.07) is 5.01. The average Bonchev–Trinajstić information content (AvgIpc) is 3.00. The molecule has 7 heteroatoms. The second-order valence-corrected chi connectivity index (χ2v) is 7.03. The quantitative estimate of drug-likeness (QED) is 0.821. The van der Waals surface area contributed by atoms with Crippen molar-refractivity contribution in [2.45, 2.75) is 30.7 Å². The molecule has 2 rings (SSSR count). The van der Waals surface area contributed by atoms with Crippen molar-refractivity contribution in [3.8, 4) is 11.5 Å². The third-order valence-corrected chi connectivity index (χ3v) is 5.52. The van der Waals surface area contributed by atoms with Crippen LogP contribution in [-0.4, -0.2) is 53.2 Å². The fourth-order valence-corrected chi connectivity index (χ4v) is 4.08. The zero-order valence-corrected chi connectivity index (χ0v) is 14.1. The molecule has 0 saturated carbocycles. The van der Waals surface area contributed by atoms with Gasteiger partial charge in [-0.2, -0.15) is 0 Å². The number of benzene rings is 1. The first kappa shape index (κ1) is 17.1. The number of likely N-dealkylation sites (N-methyl/N-ethyl adjacent to an activating group) is 1. The molecular formula is C15H24N2O4S. The highest BCUT2D eigenvalue weighted by molar-refractivity contribution is 7.89. The molecule has 1 N–H and O–H groups in total. The molecule has 0 radical (unpaired) electrons. The van der Waals surface area contributed by atoms with Gasteiger partial charge in [-0.1, -0.05) is 6.92 Å². The minimum atomic E-state index is -3.64. The van der Waals surface area contributed by atoms with Gasteiger partial charge in [0.2, 0.25) is 10.0 Å². The molecule has 1 atom stereocenters. The van der Waals surface area contributed by atoms with Gasteiger partial charge in [-0.05, 0) is 38.1 Å². The molecule has 1 aromatic carbocycles. The number of hydrogen-bond donors (Lipinski definition) is 1. The smallest absolute Gasteiger partial charge is 0.244 e. The molecule has 0 unspecified atom stereocenters. The van der Waals surface area contributed by atoms with E-state index in [1.807, 2.05) is 0 Å². The van der Waals surface area contributed by atoms with Gasteiger partial charge in [-0.25, -0.2) is 13.1 Å². The molecule has 6 nitrogen and oxygen atoms in total. The molecule has 0 aromatic heterocycles. The van der Waals surface area contributed by atoms with Gasteiger partial charge in [0.25, 0.3) is 0 Å². The van der Waals surface area contributed by atoms with Crippen LogP contribution in [0.3, 0.4) is 0 Å². The van der Waals surface area contributed by atoms with Gasteiger partial charge < -0.3 is 9.47 Å². The lowest BCUT2D eigenvalue weighted by Crippen LogP contribution is -2.40. The third-order valence-electron chi connectivity index (χ3n) is 4.07.